The average Bonchev–Trinajstić information content (AvgIpc) is 3.78. The highest BCUT2D eigenvalue weighted by atomic mass is 32.1. The molecule has 67 heavy (non-hydrogen) atoms. The number of rotatable bonds is 26. The van der Waals surface area contributed by atoms with Gasteiger partial charge in [-0.15, -0.1) is 0 Å². The molecule has 0 fully saturated rings. The number of phenols is 1. The number of nitrogens with zero attached hydrogens (tertiary/aromatic N) is 1. The second-order valence-corrected chi connectivity index (χ2v) is 17.1. The molecule has 0 saturated heterocycles. The number of nitrogens with one attached hydrogen (secondary N) is 7. The van der Waals surface area contributed by atoms with Crippen molar-refractivity contribution in [1.82, 2.24) is 42.1 Å². The summed E-state index contributed by atoms with van der Waals surface area (Å²) in [6.45, 7) is 7.45. The third kappa shape index (κ3) is 18.1. The molecule has 10 atom stereocenters. The van der Waals surface area contributed by atoms with Crippen LogP contribution in [-0.4, -0.2) is 158 Å². The highest BCUT2D eigenvalue weighted by molar-refractivity contribution is 7.80. The van der Waals surface area contributed by atoms with E-state index in [2.05, 4.69) is 62.5 Å². The number of imide groups is 1. The van der Waals surface area contributed by atoms with Gasteiger partial charge in [-0.2, -0.15) is 25.3 Å². The number of carbonyl (C=O) groups excluding carboxylic acids is 10. The van der Waals surface area contributed by atoms with Gasteiger partial charge in [-0.05, 0) is 42.9 Å². The Labute approximate surface area is 398 Å². The Hall–Kier alpha value is -5.76. The van der Waals surface area contributed by atoms with E-state index in [0.29, 0.717) is 12.0 Å². The zero-order valence-electron chi connectivity index (χ0n) is 37.9. The number of primary amides is 1. The van der Waals surface area contributed by atoms with Crippen molar-refractivity contribution >= 4 is 84.3 Å². The van der Waals surface area contributed by atoms with Crippen molar-refractivity contribution in [1.29, 1.82) is 0 Å². The number of aliphatic hydroxyl groups is 2. The SMILES string of the molecule is CCC(C)C(NC(=O)C(Cc1ccc(O)cc1)NC(=O)C(O)CS)C(=O)NC(C(=O)NC(CC(N)=O)C(=O)NC(CS)C(=O)N1CC=CC1C(=O)NC(CC(C)C)C(=O)NC(=O)CN)C(C)O. The van der Waals surface area contributed by atoms with E-state index >= 15 is 0 Å². The molecule has 1 aromatic rings. The Balaban J connectivity index is 2.29. The first-order valence-electron chi connectivity index (χ1n) is 21.4. The van der Waals surface area contributed by atoms with Crippen LogP contribution in [0.15, 0.2) is 36.4 Å². The fourth-order valence-corrected chi connectivity index (χ4v) is 6.99. The number of hydrogen-bond acceptors (Lipinski definition) is 16. The van der Waals surface area contributed by atoms with E-state index in [-0.39, 0.29) is 42.6 Å². The predicted octanol–water partition coefficient (Wildman–Crippen LogP) is -4.22. The molecule has 0 saturated carbocycles. The van der Waals surface area contributed by atoms with Crippen LogP contribution in [0.4, 0.5) is 0 Å². The van der Waals surface area contributed by atoms with Crippen LogP contribution in [-0.2, 0) is 54.4 Å². The number of hydrogen-bond donors (Lipinski definition) is 14. The molecule has 372 valence electrons. The third-order valence-corrected chi connectivity index (χ3v) is 11.2. The normalized spacial score (nSPS) is 17.2. The molecule has 14 N–H and O–H groups in total. The van der Waals surface area contributed by atoms with Crippen LogP contribution in [0, 0.1) is 11.8 Å². The van der Waals surface area contributed by atoms with Gasteiger partial charge in [0.1, 0.15) is 54.1 Å². The first-order valence-corrected chi connectivity index (χ1v) is 22.7. The number of carbonyl (C=O) groups is 10. The second kappa shape index (κ2) is 27.8. The van der Waals surface area contributed by atoms with E-state index < -0.39 is 132 Å². The molecule has 1 aliphatic rings. The molecule has 0 bridgehead atoms. The second-order valence-electron chi connectivity index (χ2n) is 16.4. The number of aliphatic hydroxyl groups excluding tert-OH is 2. The van der Waals surface area contributed by atoms with Crippen molar-refractivity contribution in [3.05, 3.63) is 42.0 Å². The number of nitrogens with two attached hydrogens (primary N) is 2. The van der Waals surface area contributed by atoms with E-state index in [1.54, 1.807) is 27.7 Å². The maximum Gasteiger partial charge on any atom is 0.250 e. The summed E-state index contributed by atoms with van der Waals surface area (Å²) >= 11 is 8.11. The van der Waals surface area contributed by atoms with Crippen LogP contribution < -0.4 is 48.7 Å². The van der Waals surface area contributed by atoms with Crippen molar-refractivity contribution in [2.24, 2.45) is 23.3 Å². The molecule has 0 aromatic heterocycles. The highest BCUT2D eigenvalue weighted by Crippen LogP contribution is 2.16. The number of phenolic OH excluding ortho intramolecular Hbond substituents is 1. The zero-order chi connectivity index (χ0) is 50.7. The predicted molar refractivity (Wildman–Crippen MR) is 248 cm³/mol. The summed E-state index contributed by atoms with van der Waals surface area (Å²) in [5.41, 5.74) is 11.2. The standard InChI is InChI=1S/C42H64N10O13S2/c1-6-21(4)33(50-37(60)26(46-39(62)30(55)19-67)15-23-9-11-24(54)12-10-23)40(63)51-34(22(5)53)41(64)47-27(16-31(44)56)35(58)48-28(18-66)42(65)52-13-7-8-29(52)38(61)45-25(14-20(2)3)36(59)49-32(57)17-43/h7-12,20-22,25-30,33-34,53-55,66-67H,6,13-19,43H2,1-5H3,(H2,44,56)(H,45,61)(H,46,62)(H,47,64)(H,48,58)(H,50,60)(H,51,63)(H,49,57,59). The minimum Gasteiger partial charge on any atom is -0.508 e. The maximum atomic E-state index is 13.9. The van der Waals surface area contributed by atoms with Crippen molar-refractivity contribution in [3.8, 4) is 5.75 Å². The quantitative estimate of drug-likeness (QED) is 0.0309. The van der Waals surface area contributed by atoms with Gasteiger partial charge < -0.3 is 63.6 Å². The van der Waals surface area contributed by atoms with Gasteiger partial charge >= 0.3 is 0 Å². The maximum absolute atomic E-state index is 13.9. The monoisotopic (exact) mass is 980 g/mol. The zero-order valence-corrected chi connectivity index (χ0v) is 39.7. The van der Waals surface area contributed by atoms with Gasteiger partial charge in [-0.25, -0.2) is 0 Å². The Bertz CT molecular complexity index is 1970. The van der Waals surface area contributed by atoms with E-state index in [0.717, 1.165) is 11.8 Å². The molecule has 0 aliphatic carbocycles. The van der Waals surface area contributed by atoms with Crippen LogP contribution in [0.2, 0.25) is 0 Å². The summed E-state index contributed by atoms with van der Waals surface area (Å²) in [6.07, 6.45) is -0.877. The van der Waals surface area contributed by atoms with Crippen LogP contribution in [0.3, 0.4) is 0 Å². The van der Waals surface area contributed by atoms with Crippen molar-refractivity contribution in [2.75, 3.05) is 24.6 Å². The van der Waals surface area contributed by atoms with Crippen LogP contribution in [0.25, 0.3) is 0 Å². The first kappa shape index (κ1) is 57.4. The van der Waals surface area contributed by atoms with Crippen LogP contribution >= 0.6 is 25.3 Å². The lowest BCUT2D eigenvalue weighted by Gasteiger charge is -2.31. The number of aromatic hydroxyl groups is 1. The number of thiol groups is 2. The Morgan fingerprint density at radius 1 is 0.731 bits per heavy atom. The number of amides is 10. The van der Waals surface area contributed by atoms with Gasteiger partial charge in [0.15, 0.2) is 0 Å². The minimum atomic E-state index is -1.82. The molecule has 25 heteroatoms. The van der Waals surface area contributed by atoms with Gasteiger partial charge in [0.25, 0.3) is 0 Å². The summed E-state index contributed by atoms with van der Waals surface area (Å²) in [5.74, 6) is -10.7. The topological polar surface area (TPSA) is 371 Å². The molecular weight excluding hydrogens is 917 g/mol. The van der Waals surface area contributed by atoms with Crippen molar-refractivity contribution in [2.45, 2.75) is 115 Å². The minimum absolute atomic E-state index is 0.0587. The van der Waals surface area contributed by atoms with E-state index in [9.17, 15) is 63.3 Å². The fourth-order valence-electron chi connectivity index (χ4n) is 6.57. The Morgan fingerprint density at radius 2 is 1.30 bits per heavy atom. The van der Waals surface area contributed by atoms with Gasteiger partial charge in [0.2, 0.25) is 59.1 Å². The van der Waals surface area contributed by atoms with Gasteiger partial charge in [-0.3, -0.25) is 53.3 Å². The highest BCUT2D eigenvalue weighted by Gasteiger charge is 2.39. The lowest BCUT2D eigenvalue weighted by Crippen LogP contribution is -2.63. The summed E-state index contributed by atoms with van der Waals surface area (Å²) < 4.78 is 0. The third-order valence-electron chi connectivity index (χ3n) is 10.5. The lowest BCUT2D eigenvalue weighted by atomic mass is 9.96. The van der Waals surface area contributed by atoms with Gasteiger partial charge in [-0.1, -0.05) is 58.4 Å². The molecule has 10 amide bonds. The van der Waals surface area contributed by atoms with Crippen LogP contribution in [0.1, 0.15) is 59.4 Å². The Morgan fingerprint density at radius 3 is 1.84 bits per heavy atom. The van der Waals surface area contributed by atoms with Crippen LogP contribution in [0.5, 0.6) is 5.75 Å². The van der Waals surface area contributed by atoms with E-state index in [1.165, 1.54) is 36.4 Å². The first-order chi connectivity index (χ1) is 31.5. The molecule has 1 aromatic carbocycles. The van der Waals surface area contributed by atoms with E-state index in [1.807, 2.05) is 0 Å². The van der Waals surface area contributed by atoms with Gasteiger partial charge in [0, 0.05) is 24.5 Å². The van der Waals surface area contributed by atoms with E-state index in [4.69, 9.17) is 11.5 Å². The molecule has 0 radical (unpaired) electrons. The summed E-state index contributed by atoms with van der Waals surface area (Å²) in [4.78, 5) is 133. The molecule has 0 spiro atoms. The van der Waals surface area contributed by atoms with Crippen molar-refractivity contribution in [3.63, 3.8) is 0 Å². The van der Waals surface area contributed by atoms with Crippen molar-refractivity contribution < 1.29 is 63.3 Å². The lowest BCUT2D eigenvalue weighted by molar-refractivity contribution is -0.142. The summed E-state index contributed by atoms with van der Waals surface area (Å²) in [6, 6.07) is -4.55. The molecule has 1 aliphatic heterocycles. The fraction of sp³-hybridized carbons (Fsp3) is 0.571. The molecule has 1 heterocycles. The van der Waals surface area contributed by atoms with Gasteiger partial charge in [0.05, 0.1) is 19.1 Å². The molecule has 10 unspecified atom stereocenters. The smallest absolute Gasteiger partial charge is 0.250 e. The molecular formula is C42H64N10O13S2. The average molecular weight is 981 g/mol. The largest absolute Gasteiger partial charge is 0.508 e. The Kier molecular flexibility index (Phi) is 23.8. The molecule has 2 rings (SSSR count). The number of benzene rings is 1. The summed E-state index contributed by atoms with van der Waals surface area (Å²) in [7, 11) is 0. The summed E-state index contributed by atoms with van der Waals surface area (Å²) in [5, 5.41) is 47.1. The molecule has 23 nitrogen and oxygen atoms in total.